The molecule has 0 atom stereocenters. The zero-order chi connectivity index (χ0) is 18.4. The summed E-state index contributed by atoms with van der Waals surface area (Å²) in [5, 5.41) is 0. The fraction of sp³-hybridized carbons (Fsp3) is 0.368. The Hall–Kier alpha value is -2.76. The first-order chi connectivity index (χ1) is 11.9. The second kappa shape index (κ2) is 8.37. The van der Waals surface area contributed by atoms with Gasteiger partial charge in [0.15, 0.2) is 0 Å². The number of hydrogen-bond acceptors (Lipinski definition) is 4. The fourth-order valence-corrected chi connectivity index (χ4v) is 2.48. The summed E-state index contributed by atoms with van der Waals surface area (Å²) in [6, 6.07) is 8.28. The van der Waals surface area contributed by atoms with Crippen LogP contribution in [0.15, 0.2) is 36.7 Å². The summed E-state index contributed by atoms with van der Waals surface area (Å²) >= 11 is 0. The Bertz CT molecular complexity index is 724. The molecule has 0 spiro atoms. The molecule has 0 saturated heterocycles. The van der Waals surface area contributed by atoms with Crippen molar-refractivity contribution in [3.8, 4) is 0 Å². The lowest BCUT2D eigenvalue weighted by atomic mass is 10.0. The number of rotatable bonds is 7. The zero-order valence-corrected chi connectivity index (χ0v) is 14.9. The van der Waals surface area contributed by atoms with Crippen molar-refractivity contribution >= 4 is 11.8 Å². The molecule has 2 N–H and O–H groups in total. The van der Waals surface area contributed by atoms with Crippen LogP contribution in [0.4, 0.5) is 0 Å². The van der Waals surface area contributed by atoms with Gasteiger partial charge in [-0.2, -0.15) is 0 Å². The highest BCUT2D eigenvalue weighted by Gasteiger charge is 2.18. The first-order valence-corrected chi connectivity index (χ1v) is 8.42. The average molecular weight is 340 g/mol. The van der Waals surface area contributed by atoms with Gasteiger partial charge in [-0.25, -0.2) is 9.97 Å². The lowest BCUT2D eigenvalue weighted by molar-refractivity contribution is 0.0736. The van der Waals surface area contributed by atoms with E-state index in [0.29, 0.717) is 19.0 Å². The Balaban J connectivity index is 2.15. The second-order valence-corrected chi connectivity index (χ2v) is 6.27. The Labute approximate surface area is 148 Å². The van der Waals surface area contributed by atoms with Gasteiger partial charge in [-0.1, -0.05) is 45.0 Å². The molecule has 0 fully saturated rings. The van der Waals surface area contributed by atoms with E-state index in [-0.39, 0.29) is 17.3 Å². The molecule has 1 heterocycles. The van der Waals surface area contributed by atoms with E-state index in [1.165, 1.54) is 18.0 Å². The van der Waals surface area contributed by atoms with Crippen molar-refractivity contribution in [1.82, 2.24) is 14.9 Å². The van der Waals surface area contributed by atoms with Crippen molar-refractivity contribution in [2.24, 2.45) is 5.73 Å². The molecule has 0 bridgehead atoms. The molecule has 2 rings (SSSR count). The van der Waals surface area contributed by atoms with Gasteiger partial charge in [0.1, 0.15) is 11.4 Å². The molecule has 6 nitrogen and oxygen atoms in total. The maximum absolute atomic E-state index is 12.7. The Kier molecular flexibility index (Phi) is 6.22. The average Bonchev–Trinajstić information content (AvgIpc) is 2.61. The molecular formula is C19H24N4O2. The van der Waals surface area contributed by atoms with Crippen molar-refractivity contribution < 1.29 is 9.59 Å². The van der Waals surface area contributed by atoms with E-state index >= 15 is 0 Å². The van der Waals surface area contributed by atoms with Gasteiger partial charge in [0.25, 0.3) is 11.8 Å². The highest BCUT2D eigenvalue weighted by Crippen LogP contribution is 2.16. The number of amides is 2. The molecule has 0 radical (unpaired) electrons. The summed E-state index contributed by atoms with van der Waals surface area (Å²) in [6.07, 6.45) is 3.37. The van der Waals surface area contributed by atoms with Gasteiger partial charge in [-0.3, -0.25) is 9.59 Å². The predicted octanol–water partition coefficient (Wildman–Crippen LogP) is 2.75. The number of carbonyl (C=O) groups is 2. The van der Waals surface area contributed by atoms with Crippen LogP contribution in [0.5, 0.6) is 0 Å². The highest BCUT2D eigenvalue weighted by atomic mass is 16.2. The molecule has 2 amide bonds. The summed E-state index contributed by atoms with van der Waals surface area (Å²) in [5.74, 6) is -0.401. The third-order valence-corrected chi connectivity index (χ3v) is 3.92. The second-order valence-electron chi connectivity index (χ2n) is 6.27. The molecule has 1 aromatic carbocycles. The van der Waals surface area contributed by atoms with Crippen molar-refractivity contribution in [1.29, 1.82) is 0 Å². The van der Waals surface area contributed by atoms with Crippen LogP contribution in [0, 0.1) is 0 Å². The molecule has 132 valence electrons. The van der Waals surface area contributed by atoms with Crippen molar-refractivity contribution in [3.63, 3.8) is 0 Å². The van der Waals surface area contributed by atoms with E-state index in [1.807, 2.05) is 19.1 Å². The van der Waals surface area contributed by atoms with Gasteiger partial charge in [-0.05, 0) is 23.5 Å². The maximum atomic E-state index is 12.7. The van der Waals surface area contributed by atoms with Crippen LogP contribution in [0.3, 0.4) is 0 Å². The fourth-order valence-electron chi connectivity index (χ4n) is 2.48. The molecule has 25 heavy (non-hydrogen) atoms. The number of aromatic nitrogens is 2. The van der Waals surface area contributed by atoms with E-state index < -0.39 is 5.91 Å². The van der Waals surface area contributed by atoms with E-state index in [1.54, 1.807) is 4.90 Å². The maximum Gasteiger partial charge on any atom is 0.274 e. The van der Waals surface area contributed by atoms with Gasteiger partial charge >= 0.3 is 0 Å². The minimum Gasteiger partial charge on any atom is -0.364 e. The van der Waals surface area contributed by atoms with Crippen molar-refractivity contribution in [2.45, 2.75) is 39.7 Å². The number of benzene rings is 1. The number of nitrogens with zero attached hydrogens (tertiary/aromatic N) is 3. The minimum absolute atomic E-state index is 0.0443. The lowest BCUT2D eigenvalue weighted by Gasteiger charge is -2.22. The molecule has 0 aliphatic heterocycles. The molecule has 0 unspecified atom stereocenters. The van der Waals surface area contributed by atoms with Gasteiger partial charge < -0.3 is 10.6 Å². The molecule has 2 aromatic rings. The monoisotopic (exact) mass is 340 g/mol. The number of primary amides is 1. The van der Waals surface area contributed by atoms with Gasteiger partial charge in [0.05, 0.1) is 12.4 Å². The van der Waals surface area contributed by atoms with Crippen LogP contribution < -0.4 is 5.73 Å². The molecule has 0 saturated carbocycles. The van der Waals surface area contributed by atoms with Crippen LogP contribution in [-0.2, 0) is 6.54 Å². The van der Waals surface area contributed by atoms with Crippen LogP contribution >= 0.6 is 0 Å². The first-order valence-electron chi connectivity index (χ1n) is 8.42. The summed E-state index contributed by atoms with van der Waals surface area (Å²) < 4.78 is 0. The first kappa shape index (κ1) is 18.6. The topological polar surface area (TPSA) is 89.2 Å². The molecular weight excluding hydrogens is 316 g/mol. The minimum atomic E-state index is -0.665. The quantitative estimate of drug-likeness (QED) is 0.839. The normalized spacial score (nSPS) is 10.7. The van der Waals surface area contributed by atoms with Crippen LogP contribution in [0.2, 0.25) is 0 Å². The van der Waals surface area contributed by atoms with Crippen molar-refractivity contribution in [3.05, 3.63) is 59.2 Å². The van der Waals surface area contributed by atoms with Crippen LogP contribution in [0.1, 0.15) is 65.2 Å². The molecule has 6 heteroatoms. The van der Waals surface area contributed by atoms with E-state index in [0.717, 1.165) is 12.0 Å². The summed E-state index contributed by atoms with van der Waals surface area (Å²) in [4.78, 5) is 33.4. The largest absolute Gasteiger partial charge is 0.364 e. The zero-order valence-electron chi connectivity index (χ0n) is 14.9. The van der Waals surface area contributed by atoms with Gasteiger partial charge in [-0.15, -0.1) is 0 Å². The third-order valence-electron chi connectivity index (χ3n) is 3.92. The van der Waals surface area contributed by atoms with Crippen LogP contribution in [0.25, 0.3) is 0 Å². The Morgan fingerprint density at radius 1 is 1.08 bits per heavy atom. The molecule has 1 aromatic heterocycles. The van der Waals surface area contributed by atoms with Gasteiger partial charge in [0.2, 0.25) is 0 Å². The highest BCUT2D eigenvalue weighted by molar-refractivity contribution is 5.93. The SMILES string of the molecule is CCCN(Cc1ccc(C(C)C)cc1)C(=O)c1cnc(C(N)=O)cn1. The smallest absolute Gasteiger partial charge is 0.274 e. The Morgan fingerprint density at radius 2 is 1.68 bits per heavy atom. The summed E-state index contributed by atoms with van der Waals surface area (Å²) in [7, 11) is 0. The third kappa shape index (κ3) is 4.86. The van der Waals surface area contributed by atoms with Gasteiger partial charge in [0, 0.05) is 13.1 Å². The molecule has 0 aliphatic carbocycles. The van der Waals surface area contributed by atoms with E-state index in [4.69, 9.17) is 5.73 Å². The predicted molar refractivity (Wildman–Crippen MR) is 96.1 cm³/mol. The van der Waals surface area contributed by atoms with Crippen molar-refractivity contribution in [2.75, 3.05) is 6.54 Å². The summed E-state index contributed by atoms with van der Waals surface area (Å²) in [6.45, 7) is 7.44. The standard InChI is InChI=1S/C19H24N4O2/c1-4-9-23(12-14-5-7-15(8-6-14)13(2)3)19(25)17-11-21-16(10-22-17)18(20)24/h5-8,10-11,13H,4,9,12H2,1-3H3,(H2,20,24). The van der Waals surface area contributed by atoms with Crippen LogP contribution in [-0.4, -0.2) is 33.2 Å². The number of hydrogen-bond donors (Lipinski definition) is 1. The summed E-state index contributed by atoms with van der Waals surface area (Å²) in [5.41, 5.74) is 7.73. The van der Waals surface area contributed by atoms with E-state index in [9.17, 15) is 9.59 Å². The Morgan fingerprint density at radius 3 is 2.16 bits per heavy atom. The number of carbonyl (C=O) groups excluding carboxylic acids is 2. The number of nitrogens with two attached hydrogens (primary N) is 1. The van der Waals surface area contributed by atoms with E-state index in [2.05, 4.69) is 35.9 Å². The lowest BCUT2D eigenvalue weighted by Crippen LogP contribution is -2.32. The molecule has 0 aliphatic rings.